The van der Waals surface area contributed by atoms with Crippen LogP contribution in [0.15, 0.2) is 143 Å². The number of nitrogens with two attached hydrogens (primary N) is 2. The van der Waals surface area contributed by atoms with Crippen LogP contribution in [0.3, 0.4) is 0 Å². The molecular formula is C44H40N2O8S. The van der Waals surface area contributed by atoms with E-state index in [0.29, 0.717) is 47.3 Å². The molecule has 0 amide bonds. The number of methoxy groups -OCH3 is 2. The van der Waals surface area contributed by atoms with E-state index in [4.69, 9.17) is 30.4 Å². The molecule has 0 heterocycles. The second-order valence-corrected chi connectivity index (χ2v) is 14.7. The lowest BCUT2D eigenvalue weighted by Gasteiger charge is -2.14. The number of carbonyl (C=O) groups is 2. The van der Waals surface area contributed by atoms with Crippen LogP contribution in [0.2, 0.25) is 0 Å². The molecule has 280 valence electrons. The van der Waals surface area contributed by atoms with Gasteiger partial charge in [0.15, 0.2) is 34.6 Å². The van der Waals surface area contributed by atoms with Crippen molar-refractivity contribution in [3.05, 3.63) is 167 Å². The molecule has 0 saturated heterocycles. The number of nitrogen functional groups attached to an aromatic ring is 2. The van der Waals surface area contributed by atoms with Crippen molar-refractivity contribution < 1.29 is 37.0 Å². The number of rotatable bonds is 16. The van der Waals surface area contributed by atoms with Crippen LogP contribution in [0, 0.1) is 0 Å². The zero-order valence-corrected chi connectivity index (χ0v) is 31.2. The summed E-state index contributed by atoms with van der Waals surface area (Å²) in [5.74, 6) is 1.03. The molecule has 0 aromatic heterocycles. The summed E-state index contributed by atoms with van der Waals surface area (Å²) in [6.45, 7) is 0.604. The van der Waals surface area contributed by atoms with Crippen LogP contribution >= 0.6 is 0 Å². The summed E-state index contributed by atoms with van der Waals surface area (Å²) in [5, 5.41) is 0. The van der Waals surface area contributed by atoms with Crippen LogP contribution in [0.4, 0.5) is 11.4 Å². The predicted molar refractivity (Wildman–Crippen MR) is 211 cm³/mol. The molecule has 6 aromatic rings. The predicted octanol–water partition coefficient (Wildman–Crippen LogP) is 7.71. The molecule has 4 N–H and O–H groups in total. The number of ketones is 2. The van der Waals surface area contributed by atoms with Crippen molar-refractivity contribution in [3.8, 4) is 23.0 Å². The molecular weight excluding hydrogens is 717 g/mol. The van der Waals surface area contributed by atoms with E-state index in [2.05, 4.69) is 0 Å². The maximum atomic E-state index is 13.5. The number of anilines is 2. The van der Waals surface area contributed by atoms with Gasteiger partial charge in [0.2, 0.25) is 9.84 Å². The van der Waals surface area contributed by atoms with E-state index >= 15 is 0 Å². The van der Waals surface area contributed by atoms with Gasteiger partial charge in [0.05, 0.1) is 24.0 Å². The van der Waals surface area contributed by atoms with Crippen molar-refractivity contribution in [1.29, 1.82) is 0 Å². The second-order valence-electron chi connectivity index (χ2n) is 12.7. The summed E-state index contributed by atoms with van der Waals surface area (Å²) in [7, 11) is -0.926. The molecule has 10 nitrogen and oxygen atoms in total. The number of hydrogen-bond donors (Lipinski definition) is 2. The van der Waals surface area contributed by atoms with Crippen LogP contribution in [0.1, 0.15) is 43.0 Å². The van der Waals surface area contributed by atoms with E-state index in [9.17, 15) is 18.0 Å². The summed E-state index contributed by atoms with van der Waals surface area (Å²) < 4.78 is 49.8. The highest BCUT2D eigenvalue weighted by atomic mass is 32.2. The average molecular weight is 757 g/mol. The highest BCUT2D eigenvalue weighted by Gasteiger charge is 2.21. The molecule has 0 radical (unpaired) electrons. The van der Waals surface area contributed by atoms with Gasteiger partial charge in [-0.25, -0.2) is 8.42 Å². The SMILES string of the molecule is COc1cc(C(=O)Cc2ccc(S(=O)(=O)c3ccc(CC(=O)c4cc(OC)c(OCc5ccccc5)cc4N)cc3)cc2)c(N)cc1OCc1ccccc1. The molecule has 0 atom stereocenters. The monoisotopic (exact) mass is 756 g/mol. The minimum atomic E-state index is -3.90. The Bertz CT molecular complexity index is 2240. The van der Waals surface area contributed by atoms with Gasteiger partial charge in [0.1, 0.15) is 13.2 Å². The Morgan fingerprint density at radius 3 is 1.20 bits per heavy atom. The van der Waals surface area contributed by atoms with Crippen molar-refractivity contribution in [2.75, 3.05) is 25.7 Å². The van der Waals surface area contributed by atoms with E-state index in [-0.39, 0.29) is 56.7 Å². The van der Waals surface area contributed by atoms with Gasteiger partial charge in [-0.1, -0.05) is 84.9 Å². The molecule has 0 aliphatic heterocycles. The van der Waals surface area contributed by atoms with E-state index in [1.54, 1.807) is 48.5 Å². The molecule has 0 bridgehead atoms. The van der Waals surface area contributed by atoms with E-state index < -0.39 is 9.84 Å². The van der Waals surface area contributed by atoms with Gasteiger partial charge in [-0.2, -0.15) is 0 Å². The number of carbonyl (C=O) groups excluding carboxylic acids is 2. The van der Waals surface area contributed by atoms with E-state index in [1.807, 2.05) is 60.7 Å². The maximum absolute atomic E-state index is 13.5. The molecule has 0 aliphatic carbocycles. The molecule has 55 heavy (non-hydrogen) atoms. The largest absolute Gasteiger partial charge is 0.493 e. The lowest BCUT2D eigenvalue weighted by Crippen LogP contribution is -2.09. The van der Waals surface area contributed by atoms with Gasteiger partial charge in [-0.15, -0.1) is 0 Å². The first-order valence-corrected chi connectivity index (χ1v) is 18.8. The molecule has 0 unspecified atom stereocenters. The second kappa shape index (κ2) is 17.0. The van der Waals surface area contributed by atoms with Crippen LogP contribution in [0.5, 0.6) is 23.0 Å². The van der Waals surface area contributed by atoms with Crippen LogP contribution in [-0.4, -0.2) is 34.2 Å². The topological polar surface area (TPSA) is 157 Å². The molecule has 11 heteroatoms. The third kappa shape index (κ3) is 9.14. The average Bonchev–Trinajstić information content (AvgIpc) is 3.20. The highest BCUT2D eigenvalue weighted by Crippen LogP contribution is 2.35. The number of Topliss-reactive ketones (excluding diaryl/α,β-unsaturated/α-hetero) is 2. The first-order valence-electron chi connectivity index (χ1n) is 17.3. The Balaban J connectivity index is 1.08. The summed E-state index contributed by atoms with van der Waals surface area (Å²) in [6.07, 6.45) is -0.0269. The number of sulfone groups is 1. The smallest absolute Gasteiger partial charge is 0.206 e. The summed E-state index contributed by atoms with van der Waals surface area (Å²) in [6, 6.07) is 37.7. The fourth-order valence-electron chi connectivity index (χ4n) is 5.92. The van der Waals surface area contributed by atoms with E-state index in [1.165, 1.54) is 38.5 Å². The number of hydrogen-bond acceptors (Lipinski definition) is 10. The third-order valence-corrected chi connectivity index (χ3v) is 10.7. The molecule has 6 aromatic carbocycles. The summed E-state index contributed by atoms with van der Waals surface area (Å²) in [5.41, 5.74) is 16.7. The Kier molecular flexibility index (Phi) is 11.8. The first kappa shape index (κ1) is 38.1. The zero-order chi connectivity index (χ0) is 39.0. The van der Waals surface area contributed by atoms with Crippen LogP contribution in [0.25, 0.3) is 0 Å². The molecule has 0 fully saturated rings. The molecule has 6 rings (SSSR count). The zero-order valence-electron chi connectivity index (χ0n) is 30.4. The summed E-state index contributed by atoms with van der Waals surface area (Å²) in [4.78, 5) is 26.7. The fraction of sp³-hybridized carbons (Fsp3) is 0.136. The number of ether oxygens (including phenoxy) is 4. The molecule has 0 spiro atoms. The normalized spacial score (nSPS) is 11.1. The fourth-order valence-corrected chi connectivity index (χ4v) is 7.18. The van der Waals surface area contributed by atoms with E-state index in [0.717, 1.165) is 11.1 Å². The van der Waals surface area contributed by atoms with Crippen molar-refractivity contribution >= 4 is 32.8 Å². The van der Waals surface area contributed by atoms with Crippen LogP contribution in [-0.2, 0) is 35.9 Å². The minimum Gasteiger partial charge on any atom is -0.493 e. The standard InChI is InChI=1S/C44H40N2O8S/c1-51-41-23-35(37(45)25-43(41)53-27-31-9-5-3-6-10-31)39(47)21-29-13-17-33(18-14-29)55(49,50)34-19-15-30(16-20-34)22-40(48)36-24-42(52-2)44(26-38(36)46)54-28-32-11-7-4-8-12-32/h3-20,23-26H,21-22,27-28,45-46H2,1-2H3. The Morgan fingerprint density at radius 2 is 0.855 bits per heavy atom. The third-order valence-electron chi connectivity index (χ3n) is 8.94. The molecule has 0 saturated carbocycles. The lowest BCUT2D eigenvalue weighted by molar-refractivity contribution is 0.0985. The van der Waals surface area contributed by atoms with Crippen LogP contribution < -0.4 is 30.4 Å². The van der Waals surface area contributed by atoms with Gasteiger partial charge >= 0.3 is 0 Å². The summed E-state index contributed by atoms with van der Waals surface area (Å²) >= 11 is 0. The lowest BCUT2D eigenvalue weighted by atomic mass is 10.0. The Labute approximate surface area is 320 Å². The van der Waals surface area contributed by atoms with Gasteiger partial charge in [-0.3, -0.25) is 9.59 Å². The Morgan fingerprint density at radius 1 is 0.491 bits per heavy atom. The van der Waals surface area contributed by atoms with Gasteiger partial charge in [0, 0.05) is 47.5 Å². The van der Waals surface area contributed by atoms with Gasteiger partial charge in [-0.05, 0) is 58.7 Å². The maximum Gasteiger partial charge on any atom is 0.206 e. The molecule has 0 aliphatic rings. The van der Waals surface area contributed by atoms with Crippen molar-refractivity contribution in [3.63, 3.8) is 0 Å². The van der Waals surface area contributed by atoms with Gasteiger partial charge in [0.25, 0.3) is 0 Å². The van der Waals surface area contributed by atoms with Crippen molar-refractivity contribution in [1.82, 2.24) is 0 Å². The van der Waals surface area contributed by atoms with Gasteiger partial charge < -0.3 is 30.4 Å². The first-order chi connectivity index (χ1) is 26.5. The number of benzene rings is 6. The van der Waals surface area contributed by atoms with Crippen molar-refractivity contribution in [2.45, 2.75) is 35.8 Å². The Hall–Kier alpha value is -6.59. The highest BCUT2D eigenvalue weighted by molar-refractivity contribution is 7.91. The van der Waals surface area contributed by atoms with Crippen molar-refractivity contribution in [2.24, 2.45) is 0 Å². The minimum absolute atomic E-state index is 0.0134. The quantitative estimate of drug-likeness (QED) is 0.0741.